The van der Waals surface area contributed by atoms with Gasteiger partial charge in [0, 0.05) is 16.6 Å². The first-order valence-corrected chi connectivity index (χ1v) is 6.25. The Balaban J connectivity index is 2.06. The van der Waals surface area contributed by atoms with Crippen LogP contribution >= 0.6 is 22.9 Å². The van der Waals surface area contributed by atoms with Crippen molar-refractivity contribution in [2.24, 2.45) is 0 Å². The van der Waals surface area contributed by atoms with Crippen LogP contribution in [0, 0.1) is 0 Å². The number of anilines is 1. The number of carboxylic acids is 1. The van der Waals surface area contributed by atoms with Crippen LogP contribution in [-0.4, -0.2) is 11.1 Å². The molecule has 2 aromatic rings. The molecule has 0 saturated heterocycles. The first-order chi connectivity index (χ1) is 8.56. The minimum atomic E-state index is -1.05. The third kappa shape index (κ3) is 2.94. The smallest absolute Gasteiger partial charge is 0.337 e. The third-order valence-corrected chi connectivity index (χ3v) is 3.47. The summed E-state index contributed by atoms with van der Waals surface area (Å²) in [7, 11) is 0. The van der Waals surface area contributed by atoms with E-state index in [-0.39, 0.29) is 11.3 Å². The van der Waals surface area contributed by atoms with Crippen molar-refractivity contribution >= 4 is 34.6 Å². The van der Waals surface area contributed by atoms with Gasteiger partial charge in [-0.2, -0.15) is 0 Å². The molecule has 2 rings (SSSR count). The Morgan fingerprint density at radius 2 is 2.17 bits per heavy atom. The van der Waals surface area contributed by atoms with Crippen LogP contribution in [0.1, 0.15) is 15.2 Å². The molecule has 0 amide bonds. The SMILES string of the molecule is Nc1cc(OCc2ccc(Cl)s2)ccc1C(=O)O. The van der Waals surface area contributed by atoms with E-state index in [2.05, 4.69) is 0 Å². The number of hydrogen-bond acceptors (Lipinski definition) is 4. The van der Waals surface area contributed by atoms with Gasteiger partial charge in [0.1, 0.15) is 12.4 Å². The number of carbonyl (C=O) groups is 1. The zero-order valence-corrected chi connectivity index (χ0v) is 10.8. The predicted molar refractivity (Wildman–Crippen MR) is 71.5 cm³/mol. The summed E-state index contributed by atoms with van der Waals surface area (Å²) in [6.07, 6.45) is 0. The van der Waals surface area contributed by atoms with Gasteiger partial charge in [-0.15, -0.1) is 11.3 Å². The fourth-order valence-electron chi connectivity index (χ4n) is 1.41. The summed E-state index contributed by atoms with van der Waals surface area (Å²) in [6, 6.07) is 8.18. The molecule has 0 aliphatic heterocycles. The summed E-state index contributed by atoms with van der Waals surface area (Å²) in [5.41, 5.74) is 5.87. The maximum atomic E-state index is 10.8. The van der Waals surface area contributed by atoms with E-state index in [0.29, 0.717) is 16.7 Å². The van der Waals surface area contributed by atoms with E-state index in [4.69, 9.17) is 27.2 Å². The maximum Gasteiger partial charge on any atom is 0.337 e. The van der Waals surface area contributed by atoms with Crippen molar-refractivity contribution in [1.29, 1.82) is 0 Å². The standard InChI is InChI=1S/C12H10ClNO3S/c13-11-4-2-8(18-11)6-17-7-1-3-9(12(15)16)10(14)5-7/h1-5H,6,14H2,(H,15,16). The zero-order chi connectivity index (χ0) is 13.1. The van der Waals surface area contributed by atoms with Crippen LogP contribution in [0.4, 0.5) is 5.69 Å². The van der Waals surface area contributed by atoms with Crippen molar-refractivity contribution in [2.75, 3.05) is 5.73 Å². The van der Waals surface area contributed by atoms with Crippen molar-refractivity contribution in [2.45, 2.75) is 6.61 Å². The molecule has 0 aliphatic rings. The molecule has 1 aromatic carbocycles. The van der Waals surface area contributed by atoms with Crippen molar-refractivity contribution in [1.82, 2.24) is 0 Å². The van der Waals surface area contributed by atoms with Crippen LogP contribution in [0.2, 0.25) is 4.34 Å². The molecule has 18 heavy (non-hydrogen) atoms. The van der Waals surface area contributed by atoms with Gasteiger partial charge < -0.3 is 15.6 Å². The van der Waals surface area contributed by atoms with Crippen LogP contribution in [0.15, 0.2) is 30.3 Å². The van der Waals surface area contributed by atoms with Gasteiger partial charge in [-0.05, 0) is 24.3 Å². The van der Waals surface area contributed by atoms with Gasteiger partial charge in [0.05, 0.1) is 9.90 Å². The summed E-state index contributed by atoms with van der Waals surface area (Å²) >= 11 is 7.23. The maximum absolute atomic E-state index is 10.8. The number of rotatable bonds is 4. The Kier molecular flexibility index (Phi) is 3.74. The van der Waals surface area contributed by atoms with Gasteiger partial charge in [0.2, 0.25) is 0 Å². The normalized spacial score (nSPS) is 10.3. The first kappa shape index (κ1) is 12.7. The summed E-state index contributed by atoms with van der Waals surface area (Å²) in [5, 5.41) is 8.83. The molecule has 6 heteroatoms. The van der Waals surface area contributed by atoms with Crippen LogP contribution in [0.3, 0.4) is 0 Å². The molecule has 0 aliphatic carbocycles. The summed E-state index contributed by atoms with van der Waals surface area (Å²) in [5.74, 6) is -0.522. The van der Waals surface area contributed by atoms with Gasteiger partial charge >= 0.3 is 5.97 Å². The number of ether oxygens (including phenoxy) is 1. The summed E-state index contributed by atoms with van der Waals surface area (Å²) in [6.45, 7) is 0.378. The second-order valence-corrected chi connectivity index (χ2v) is 5.35. The number of aromatic carboxylic acids is 1. The van der Waals surface area contributed by atoms with Gasteiger partial charge in [0.15, 0.2) is 0 Å². The molecule has 0 spiro atoms. The largest absolute Gasteiger partial charge is 0.488 e. The molecule has 0 unspecified atom stereocenters. The van der Waals surface area contributed by atoms with E-state index in [0.717, 1.165) is 4.88 Å². The highest BCUT2D eigenvalue weighted by atomic mass is 35.5. The molecular weight excluding hydrogens is 274 g/mol. The minimum Gasteiger partial charge on any atom is -0.488 e. The predicted octanol–water partition coefficient (Wildman–Crippen LogP) is 3.26. The fraction of sp³-hybridized carbons (Fsp3) is 0.0833. The Bertz CT molecular complexity index is 582. The van der Waals surface area contributed by atoms with E-state index < -0.39 is 5.97 Å². The second kappa shape index (κ2) is 5.29. The summed E-state index contributed by atoms with van der Waals surface area (Å²) < 4.78 is 6.20. The highest BCUT2D eigenvalue weighted by Gasteiger charge is 2.08. The van der Waals surface area contributed by atoms with Gasteiger partial charge in [-0.1, -0.05) is 11.6 Å². The summed E-state index contributed by atoms with van der Waals surface area (Å²) in [4.78, 5) is 11.8. The molecule has 3 N–H and O–H groups in total. The lowest BCUT2D eigenvalue weighted by molar-refractivity contribution is 0.0698. The van der Waals surface area contributed by atoms with E-state index in [1.54, 1.807) is 12.1 Å². The molecular formula is C12H10ClNO3S. The monoisotopic (exact) mass is 283 g/mol. The number of halogens is 1. The first-order valence-electron chi connectivity index (χ1n) is 5.06. The van der Waals surface area contributed by atoms with Crippen molar-refractivity contribution in [3.63, 3.8) is 0 Å². The van der Waals surface area contributed by atoms with Crippen molar-refractivity contribution in [3.8, 4) is 5.75 Å². The van der Waals surface area contributed by atoms with Gasteiger partial charge in [-0.3, -0.25) is 0 Å². The van der Waals surface area contributed by atoms with E-state index in [1.807, 2.05) is 6.07 Å². The van der Waals surface area contributed by atoms with E-state index in [1.165, 1.54) is 23.5 Å². The number of benzene rings is 1. The Morgan fingerprint density at radius 1 is 1.39 bits per heavy atom. The number of nitrogens with two attached hydrogens (primary N) is 1. The van der Waals surface area contributed by atoms with Crippen molar-refractivity contribution in [3.05, 3.63) is 45.1 Å². The van der Waals surface area contributed by atoms with E-state index >= 15 is 0 Å². The molecule has 0 radical (unpaired) electrons. The Morgan fingerprint density at radius 3 is 2.72 bits per heavy atom. The lowest BCUT2D eigenvalue weighted by Gasteiger charge is -2.07. The number of thiophene rings is 1. The lowest BCUT2D eigenvalue weighted by Crippen LogP contribution is -2.03. The average Bonchev–Trinajstić information content (AvgIpc) is 2.72. The quantitative estimate of drug-likeness (QED) is 0.845. The fourth-order valence-corrected chi connectivity index (χ4v) is 2.41. The Hall–Kier alpha value is -1.72. The topological polar surface area (TPSA) is 72.5 Å². The van der Waals surface area contributed by atoms with Crippen LogP contribution in [0.5, 0.6) is 5.75 Å². The van der Waals surface area contributed by atoms with Gasteiger partial charge in [-0.25, -0.2) is 4.79 Å². The van der Waals surface area contributed by atoms with Crippen LogP contribution in [-0.2, 0) is 6.61 Å². The third-order valence-electron chi connectivity index (χ3n) is 2.26. The van der Waals surface area contributed by atoms with E-state index in [9.17, 15) is 4.79 Å². The van der Waals surface area contributed by atoms with Crippen LogP contribution in [0.25, 0.3) is 0 Å². The molecule has 0 fully saturated rings. The second-order valence-electron chi connectivity index (χ2n) is 3.55. The van der Waals surface area contributed by atoms with Crippen LogP contribution < -0.4 is 10.5 Å². The molecule has 0 atom stereocenters. The number of carboxylic acid groups (broad SMARTS) is 1. The number of hydrogen-bond donors (Lipinski definition) is 2. The van der Waals surface area contributed by atoms with Crippen molar-refractivity contribution < 1.29 is 14.6 Å². The minimum absolute atomic E-state index is 0.0709. The highest BCUT2D eigenvalue weighted by Crippen LogP contribution is 2.24. The molecule has 1 heterocycles. The molecule has 4 nitrogen and oxygen atoms in total. The zero-order valence-electron chi connectivity index (χ0n) is 9.22. The Labute approximate surface area is 113 Å². The number of nitrogen functional groups attached to an aromatic ring is 1. The molecule has 1 aromatic heterocycles. The highest BCUT2D eigenvalue weighted by molar-refractivity contribution is 7.16. The lowest BCUT2D eigenvalue weighted by atomic mass is 10.2. The molecule has 0 saturated carbocycles. The molecule has 94 valence electrons. The molecule has 0 bridgehead atoms. The van der Waals surface area contributed by atoms with Gasteiger partial charge in [0.25, 0.3) is 0 Å². The average molecular weight is 284 g/mol.